The molecule has 31 heavy (non-hydrogen) atoms. The van der Waals surface area contributed by atoms with Gasteiger partial charge in [-0.1, -0.05) is 24.3 Å². The molecule has 9 heteroatoms. The number of para-hydroxylation sites is 2. The third kappa shape index (κ3) is 3.64. The first-order valence-electron chi connectivity index (χ1n) is 9.34. The summed E-state index contributed by atoms with van der Waals surface area (Å²) in [4.78, 5) is 25.4. The number of hydrogen-bond acceptors (Lipinski definition) is 7. The van der Waals surface area contributed by atoms with Gasteiger partial charge in [-0.25, -0.2) is 0 Å². The van der Waals surface area contributed by atoms with E-state index >= 15 is 0 Å². The van der Waals surface area contributed by atoms with Crippen LogP contribution < -0.4 is 5.43 Å². The molecule has 0 radical (unpaired) electrons. The molecule has 0 unspecified atom stereocenters. The molecule has 2 aromatic carbocycles. The van der Waals surface area contributed by atoms with Crippen molar-refractivity contribution in [1.29, 1.82) is 0 Å². The highest BCUT2D eigenvalue weighted by Gasteiger charge is 2.16. The number of fused-ring (bicyclic) bond motifs is 2. The van der Waals surface area contributed by atoms with Crippen molar-refractivity contribution in [3.05, 3.63) is 81.4 Å². The van der Waals surface area contributed by atoms with Crippen LogP contribution in [0.4, 0.5) is 0 Å². The maximum atomic E-state index is 12.8. The van der Waals surface area contributed by atoms with E-state index in [1.54, 1.807) is 41.0 Å². The second kappa shape index (κ2) is 7.84. The fourth-order valence-electron chi connectivity index (χ4n) is 3.40. The molecule has 0 amide bonds. The normalized spacial score (nSPS) is 11.3. The third-order valence-electron chi connectivity index (χ3n) is 4.77. The number of carbonyl (C=O) groups is 1. The van der Waals surface area contributed by atoms with Crippen LogP contribution in [0.2, 0.25) is 0 Å². The van der Waals surface area contributed by atoms with Gasteiger partial charge in [0.05, 0.1) is 11.0 Å². The van der Waals surface area contributed by atoms with Crippen LogP contribution in [0.3, 0.4) is 0 Å². The lowest BCUT2D eigenvalue weighted by Gasteiger charge is -2.14. The lowest BCUT2D eigenvalue weighted by molar-refractivity contribution is -0.146. The molecule has 0 aliphatic heterocycles. The molecule has 0 bridgehead atoms. The number of nitrogens with zero attached hydrogens (tertiary/aromatic N) is 3. The molecule has 0 saturated heterocycles. The first-order valence-corrected chi connectivity index (χ1v) is 10.1. The van der Waals surface area contributed by atoms with E-state index in [-0.39, 0.29) is 30.4 Å². The number of esters is 1. The van der Waals surface area contributed by atoms with E-state index in [0.29, 0.717) is 32.2 Å². The van der Waals surface area contributed by atoms with Gasteiger partial charge in [0.25, 0.3) is 11.8 Å². The molecule has 0 atom stereocenters. The van der Waals surface area contributed by atoms with Crippen molar-refractivity contribution in [2.45, 2.75) is 13.2 Å². The summed E-state index contributed by atoms with van der Waals surface area (Å²) in [6.45, 7) is -0.253. The maximum Gasteiger partial charge on any atom is 0.326 e. The summed E-state index contributed by atoms with van der Waals surface area (Å²) >= 11 is 3.21. The molecule has 3 heterocycles. The maximum absolute atomic E-state index is 12.8. The summed E-state index contributed by atoms with van der Waals surface area (Å²) in [5, 5.41) is 8.85. The molecular formula is C22H14BrN3O5. The first-order chi connectivity index (χ1) is 15.1. The standard InChI is InChI=1S/C22H14BrN3O5/c23-18-10-9-17(30-18)22-25-24-19(31-22)12-29-20(27)11-26-15-7-3-1-5-13(15)21(28)14-6-2-4-8-16(14)26/h1-10H,11-12H2. The van der Waals surface area contributed by atoms with E-state index in [4.69, 9.17) is 13.6 Å². The second-order valence-corrected chi connectivity index (χ2v) is 7.50. The van der Waals surface area contributed by atoms with Crippen molar-refractivity contribution in [3.8, 4) is 11.7 Å². The number of furan rings is 1. The van der Waals surface area contributed by atoms with Crippen molar-refractivity contribution in [3.63, 3.8) is 0 Å². The smallest absolute Gasteiger partial charge is 0.326 e. The van der Waals surface area contributed by atoms with E-state index in [2.05, 4.69) is 26.1 Å². The number of carbonyl (C=O) groups excluding carboxylic acids is 1. The van der Waals surface area contributed by atoms with Crippen LogP contribution in [-0.4, -0.2) is 20.7 Å². The molecule has 0 N–H and O–H groups in total. The highest BCUT2D eigenvalue weighted by molar-refractivity contribution is 9.10. The Morgan fingerprint density at radius 2 is 1.61 bits per heavy atom. The number of hydrogen-bond donors (Lipinski definition) is 0. The minimum absolute atomic E-state index is 0.0706. The summed E-state index contributed by atoms with van der Waals surface area (Å²) in [6.07, 6.45) is 0. The topological polar surface area (TPSA) is 100 Å². The lowest BCUT2D eigenvalue weighted by atomic mass is 10.1. The van der Waals surface area contributed by atoms with E-state index in [9.17, 15) is 9.59 Å². The average molecular weight is 480 g/mol. The minimum atomic E-state index is -0.501. The molecule has 8 nitrogen and oxygen atoms in total. The van der Waals surface area contributed by atoms with Crippen molar-refractivity contribution in [2.75, 3.05) is 0 Å². The molecular weight excluding hydrogens is 466 g/mol. The average Bonchev–Trinajstić information content (AvgIpc) is 3.44. The molecule has 0 aliphatic carbocycles. The Bertz CT molecular complexity index is 1420. The molecule has 154 valence electrons. The lowest BCUT2D eigenvalue weighted by Crippen LogP contribution is -2.18. The number of pyridine rings is 1. The number of halogens is 1. The largest absolute Gasteiger partial charge is 0.454 e. The Morgan fingerprint density at radius 3 is 2.26 bits per heavy atom. The Labute approximate surface area is 183 Å². The monoisotopic (exact) mass is 479 g/mol. The van der Waals surface area contributed by atoms with Crippen LogP contribution in [0.15, 0.2) is 79.0 Å². The highest BCUT2D eigenvalue weighted by atomic mass is 79.9. The SMILES string of the molecule is O=C(Cn1c2ccccc2c(=O)c2ccccc21)OCc1nnc(-c2ccc(Br)o2)o1. The Kier molecular flexibility index (Phi) is 4.87. The van der Waals surface area contributed by atoms with Gasteiger partial charge in [0, 0.05) is 10.8 Å². The summed E-state index contributed by atoms with van der Waals surface area (Å²) in [5.41, 5.74) is 1.25. The predicted molar refractivity (Wildman–Crippen MR) is 115 cm³/mol. The van der Waals surface area contributed by atoms with Gasteiger partial charge in [0.2, 0.25) is 0 Å². The molecule has 5 aromatic rings. The van der Waals surface area contributed by atoms with Crippen LogP contribution in [-0.2, 0) is 22.7 Å². The Balaban J connectivity index is 1.39. The first kappa shape index (κ1) is 19.3. The summed E-state index contributed by atoms with van der Waals surface area (Å²) in [6, 6.07) is 17.7. The second-order valence-electron chi connectivity index (χ2n) is 6.71. The van der Waals surface area contributed by atoms with E-state index in [1.165, 1.54) is 0 Å². The van der Waals surface area contributed by atoms with Gasteiger partial charge in [-0.2, -0.15) is 0 Å². The summed E-state index contributed by atoms with van der Waals surface area (Å²) in [7, 11) is 0. The third-order valence-corrected chi connectivity index (χ3v) is 5.20. The Morgan fingerprint density at radius 1 is 0.935 bits per heavy atom. The van der Waals surface area contributed by atoms with Crippen LogP contribution in [0.25, 0.3) is 33.5 Å². The Hall–Kier alpha value is -3.72. The van der Waals surface area contributed by atoms with Crippen LogP contribution in [0.5, 0.6) is 0 Å². The number of benzene rings is 2. The van der Waals surface area contributed by atoms with Gasteiger partial charge in [-0.05, 0) is 52.3 Å². The molecule has 3 aromatic heterocycles. The summed E-state index contributed by atoms with van der Waals surface area (Å²) < 4.78 is 18.5. The van der Waals surface area contributed by atoms with Gasteiger partial charge >= 0.3 is 5.97 Å². The fraction of sp³-hybridized carbons (Fsp3) is 0.0909. The van der Waals surface area contributed by atoms with E-state index in [1.807, 2.05) is 24.3 Å². The quantitative estimate of drug-likeness (QED) is 0.273. The van der Waals surface area contributed by atoms with Gasteiger partial charge in [0.1, 0.15) is 6.54 Å². The van der Waals surface area contributed by atoms with Gasteiger partial charge < -0.3 is 18.1 Å². The summed E-state index contributed by atoms with van der Waals surface area (Å²) in [5.74, 6) is 0.238. The number of aromatic nitrogens is 3. The number of rotatable bonds is 5. The minimum Gasteiger partial charge on any atom is -0.454 e. The van der Waals surface area contributed by atoms with Gasteiger partial charge in [-0.15, -0.1) is 10.2 Å². The van der Waals surface area contributed by atoms with E-state index in [0.717, 1.165) is 0 Å². The zero-order chi connectivity index (χ0) is 21.4. The van der Waals surface area contributed by atoms with Crippen molar-refractivity contribution in [1.82, 2.24) is 14.8 Å². The highest BCUT2D eigenvalue weighted by Crippen LogP contribution is 2.24. The molecule has 5 rings (SSSR count). The zero-order valence-electron chi connectivity index (χ0n) is 15.9. The zero-order valence-corrected chi connectivity index (χ0v) is 17.5. The van der Waals surface area contributed by atoms with E-state index < -0.39 is 5.97 Å². The number of ether oxygens (including phenoxy) is 1. The fourth-order valence-corrected chi connectivity index (χ4v) is 3.71. The van der Waals surface area contributed by atoms with Gasteiger partial charge in [0.15, 0.2) is 22.5 Å². The van der Waals surface area contributed by atoms with Crippen molar-refractivity contribution >= 4 is 43.7 Å². The molecule has 0 saturated carbocycles. The van der Waals surface area contributed by atoms with Crippen LogP contribution in [0, 0.1) is 0 Å². The van der Waals surface area contributed by atoms with Crippen LogP contribution >= 0.6 is 15.9 Å². The molecule has 0 spiro atoms. The molecule has 0 aliphatic rings. The van der Waals surface area contributed by atoms with Crippen molar-refractivity contribution < 1.29 is 18.4 Å². The van der Waals surface area contributed by atoms with Crippen molar-refractivity contribution in [2.24, 2.45) is 0 Å². The predicted octanol–water partition coefficient (Wildman–Crippen LogP) is 4.30. The van der Waals surface area contributed by atoms with Crippen LogP contribution in [0.1, 0.15) is 5.89 Å². The molecule has 0 fully saturated rings. The van der Waals surface area contributed by atoms with Gasteiger partial charge in [-0.3, -0.25) is 9.59 Å².